The predicted octanol–water partition coefficient (Wildman–Crippen LogP) is 7.14. The van der Waals surface area contributed by atoms with Gasteiger partial charge in [0.25, 0.3) is 0 Å². The van der Waals surface area contributed by atoms with E-state index in [1.807, 2.05) is 36.4 Å². The fraction of sp³-hybridized carbons (Fsp3) is 0.269. The average molecular weight is 387 g/mol. The van der Waals surface area contributed by atoms with Crippen LogP contribution in [-0.2, 0) is 0 Å². The number of nitrogens with zero attached hydrogens (tertiary/aromatic N) is 2. The maximum atomic E-state index is 15.0. The summed E-state index contributed by atoms with van der Waals surface area (Å²) in [5, 5.41) is 2.20. The van der Waals surface area contributed by atoms with Crippen molar-refractivity contribution in [2.24, 2.45) is 4.99 Å². The van der Waals surface area contributed by atoms with Gasteiger partial charge in [0.15, 0.2) is 0 Å². The second kappa shape index (κ2) is 7.47. The first-order valence-corrected chi connectivity index (χ1v) is 10.2. The minimum Gasteiger partial charge on any atom is -0.362 e. The van der Waals surface area contributed by atoms with Crippen molar-refractivity contribution in [3.05, 3.63) is 77.6 Å². The van der Waals surface area contributed by atoms with Crippen molar-refractivity contribution >= 4 is 33.9 Å². The van der Waals surface area contributed by atoms with Crippen molar-refractivity contribution in [2.75, 3.05) is 11.4 Å². The van der Waals surface area contributed by atoms with Crippen LogP contribution in [0.2, 0.25) is 0 Å². The Labute approximate surface area is 172 Å². The number of anilines is 1. The quantitative estimate of drug-likeness (QED) is 0.435. The van der Waals surface area contributed by atoms with E-state index in [2.05, 4.69) is 55.8 Å². The summed E-state index contributed by atoms with van der Waals surface area (Å²) >= 11 is 0. The molecule has 3 aromatic carbocycles. The lowest BCUT2D eigenvalue weighted by atomic mass is 9.87. The number of fused-ring (bicyclic) bond motifs is 2. The van der Waals surface area contributed by atoms with Gasteiger partial charge in [0.1, 0.15) is 5.82 Å². The third-order valence-corrected chi connectivity index (χ3v) is 5.65. The van der Waals surface area contributed by atoms with Crippen LogP contribution in [0, 0.1) is 5.82 Å². The Balaban J connectivity index is 1.77. The zero-order valence-corrected chi connectivity index (χ0v) is 17.5. The second-order valence-electron chi connectivity index (χ2n) is 8.28. The molecule has 2 nitrogen and oxygen atoms in total. The third-order valence-electron chi connectivity index (χ3n) is 5.65. The predicted molar refractivity (Wildman–Crippen MR) is 123 cm³/mol. The Morgan fingerprint density at radius 2 is 1.83 bits per heavy atom. The summed E-state index contributed by atoms with van der Waals surface area (Å²) in [6.45, 7) is 9.52. The third kappa shape index (κ3) is 3.57. The zero-order valence-electron chi connectivity index (χ0n) is 17.5. The molecule has 0 atom stereocenters. The second-order valence-corrected chi connectivity index (χ2v) is 8.28. The molecule has 0 N–H and O–H groups in total. The summed E-state index contributed by atoms with van der Waals surface area (Å²) < 4.78 is 15.0. The average Bonchev–Trinajstić information content (AvgIpc) is 2.69. The van der Waals surface area contributed by atoms with E-state index in [0.29, 0.717) is 5.56 Å². The first kappa shape index (κ1) is 19.4. The van der Waals surface area contributed by atoms with Crippen molar-refractivity contribution in [3.63, 3.8) is 0 Å². The van der Waals surface area contributed by atoms with Crippen molar-refractivity contribution in [2.45, 2.75) is 39.7 Å². The molecule has 1 heterocycles. The Hall–Kier alpha value is -2.94. The molecular formula is C26H27FN2. The molecule has 1 aliphatic heterocycles. The number of allylic oxidation sites excluding steroid dienone is 1. The van der Waals surface area contributed by atoms with Gasteiger partial charge in [-0.05, 0) is 56.4 Å². The van der Waals surface area contributed by atoms with Gasteiger partial charge in [0.05, 0.1) is 11.2 Å². The molecular weight excluding hydrogens is 359 g/mol. The minimum absolute atomic E-state index is 0.127. The molecule has 0 fully saturated rings. The van der Waals surface area contributed by atoms with Crippen LogP contribution in [0.4, 0.5) is 15.8 Å². The highest BCUT2D eigenvalue weighted by molar-refractivity contribution is 5.96. The molecule has 0 aromatic heterocycles. The van der Waals surface area contributed by atoms with E-state index < -0.39 is 0 Å². The van der Waals surface area contributed by atoms with E-state index in [1.165, 1.54) is 5.57 Å². The molecule has 0 aliphatic carbocycles. The smallest absolute Gasteiger partial charge is 0.134 e. The van der Waals surface area contributed by atoms with E-state index in [4.69, 9.17) is 0 Å². The molecule has 148 valence electrons. The van der Waals surface area contributed by atoms with Gasteiger partial charge < -0.3 is 4.90 Å². The topological polar surface area (TPSA) is 15.6 Å². The summed E-state index contributed by atoms with van der Waals surface area (Å²) in [7, 11) is 0. The van der Waals surface area contributed by atoms with Crippen molar-refractivity contribution < 1.29 is 4.39 Å². The summed E-state index contributed by atoms with van der Waals surface area (Å²) in [4.78, 5) is 6.92. The minimum atomic E-state index is -0.237. The summed E-state index contributed by atoms with van der Waals surface area (Å²) in [6, 6.07) is 17.7. The summed E-state index contributed by atoms with van der Waals surface area (Å²) in [5.74, 6) is -0.237. The lowest BCUT2D eigenvalue weighted by molar-refractivity contribution is 0.546. The first-order valence-electron chi connectivity index (χ1n) is 10.2. The fourth-order valence-corrected chi connectivity index (χ4v) is 4.31. The first-order chi connectivity index (χ1) is 13.9. The Morgan fingerprint density at radius 1 is 1.07 bits per heavy atom. The number of benzene rings is 3. The van der Waals surface area contributed by atoms with Crippen molar-refractivity contribution in [1.29, 1.82) is 0 Å². The maximum absolute atomic E-state index is 15.0. The van der Waals surface area contributed by atoms with Crippen LogP contribution >= 0.6 is 0 Å². The molecule has 0 bridgehead atoms. The van der Waals surface area contributed by atoms with E-state index in [0.717, 1.165) is 40.7 Å². The standard InChI is InChI=1S/C26H27FN2/c1-5-13-29-25-15-23(27)20(14-22(25)18(2)16-26(29,3)4)17-28-24-12-8-10-19-9-6-7-11-21(19)24/h6-12,14-17H,5,13H2,1-4H3. The summed E-state index contributed by atoms with van der Waals surface area (Å²) in [6.07, 6.45) is 4.94. The number of hydrogen-bond acceptors (Lipinski definition) is 2. The van der Waals surface area contributed by atoms with E-state index >= 15 is 4.39 Å². The van der Waals surface area contributed by atoms with Crippen LogP contribution < -0.4 is 4.90 Å². The normalized spacial score (nSPS) is 15.6. The van der Waals surface area contributed by atoms with Crippen molar-refractivity contribution in [3.8, 4) is 0 Å². The SMILES string of the molecule is CCCN1c2cc(F)c(C=Nc3cccc4ccccc34)cc2C(C)=CC1(C)C. The molecule has 29 heavy (non-hydrogen) atoms. The lowest BCUT2D eigenvalue weighted by Gasteiger charge is -2.43. The van der Waals surface area contributed by atoms with E-state index in [9.17, 15) is 0 Å². The van der Waals surface area contributed by atoms with E-state index in [1.54, 1.807) is 12.3 Å². The molecule has 3 heteroatoms. The molecule has 1 aliphatic rings. The number of rotatable bonds is 4. The molecule has 3 aromatic rings. The highest BCUT2D eigenvalue weighted by Crippen LogP contribution is 2.40. The zero-order chi connectivity index (χ0) is 20.6. The fourth-order valence-electron chi connectivity index (χ4n) is 4.31. The molecule has 0 unspecified atom stereocenters. The van der Waals surface area contributed by atoms with Crippen molar-refractivity contribution in [1.82, 2.24) is 0 Å². The highest BCUT2D eigenvalue weighted by atomic mass is 19.1. The van der Waals surface area contributed by atoms with Gasteiger partial charge >= 0.3 is 0 Å². The molecule has 4 rings (SSSR count). The number of hydrogen-bond donors (Lipinski definition) is 0. The Bertz CT molecular complexity index is 1120. The van der Waals surface area contributed by atoms with Crippen LogP contribution in [0.15, 0.2) is 65.7 Å². The molecule has 0 saturated heterocycles. The largest absolute Gasteiger partial charge is 0.362 e. The van der Waals surface area contributed by atoms with Crippen LogP contribution in [-0.4, -0.2) is 18.3 Å². The monoisotopic (exact) mass is 386 g/mol. The van der Waals surface area contributed by atoms with Gasteiger partial charge in [-0.2, -0.15) is 0 Å². The highest BCUT2D eigenvalue weighted by Gasteiger charge is 2.31. The molecule has 0 radical (unpaired) electrons. The molecule has 0 spiro atoms. The van der Waals surface area contributed by atoms with Gasteiger partial charge in [-0.1, -0.05) is 49.4 Å². The van der Waals surface area contributed by atoms with Gasteiger partial charge in [0.2, 0.25) is 0 Å². The van der Waals surface area contributed by atoms with Crippen LogP contribution in [0.1, 0.15) is 45.2 Å². The van der Waals surface area contributed by atoms with Gasteiger partial charge in [-0.15, -0.1) is 0 Å². The van der Waals surface area contributed by atoms with Crippen LogP contribution in [0.25, 0.3) is 16.3 Å². The Kier molecular flexibility index (Phi) is 4.99. The van der Waals surface area contributed by atoms with E-state index in [-0.39, 0.29) is 11.4 Å². The maximum Gasteiger partial charge on any atom is 0.134 e. The number of halogens is 1. The van der Waals surface area contributed by atoms with Crippen LogP contribution in [0.5, 0.6) is 0 Å². The molecule has 0 saturated carbocycles. The summed E-state index contributed by atoms with van der Waals surface area (Å²) in [5.41, 5.74) is 4.46. The van der Waals surface area contributed by atoms with Crippen LogP contribution in [0.3, 0.4) is 0 Å². The Morgan fingerprint density at radius 3 is 2.62 bits per heavy atom. The molecule has 0 amide bonds. The van der Waals surface area contributed by atoms with Gasteiger partial charge in [-0.25, -0.2) is 4.39 Å². The lowest BCUT2D eigenvalue weighted by Crippen LogP contribution is -2.45. The van der Waals surface area contributed by atoms with Gasteiger partial charge in [0, 0.05) is 35.0 Å². The van der Waals surface area contributed by atoms with Gasteiger partial charge in [-0.3, -0.25) is 4.99 Å². The number of aliphatic imine (C=N–C) groups is 1.